The van der Waals surface area contributed by atoms with Crippen LogP contribution in [0.1, 0.15) is 32.2 Å². The monoisotopic (exact) mass is 477 g/mol. The zero-order valence-corrected chi connectivity index (χ0v) is 19.1. The van der Waals surface area contributed by atoms with E-state index in [0.717, 1.165) is 0 Å². The van der Waals surface area contributed by atoms with Crippen LogP contribution < -0.4 is 0 Å². The lowest BCUT2D eigenvalue weighted by Crippen LogP contribution is -2.29. The van der Waals surface area contributed by atoms with Crippen LogP contribution in [0.4, 0.5) is 0 Å². The Morgan fingerprint density at radius 1 is 0.758 bits per heavy atom. The lowest BCUT2D eigenvalue weighted by Gasteiger charge is -2.31. The number of aliphatic hydroxyl groups is 1. The van der Waals surface area contributed by atoms with E-state index in [2.05, 4.69) is 0 Å². The average Bonchev–Trinajstić information content (AvgIpc) is 2.85. The Balaban J connectivity index is 1.89. The molecule has 166 valence electrons. The topological polar surface area (TPSA) is 57.6 Å². The maximum Gasteiger partial charge on any atom is 0.191 e. The van der Waals surface area contributed by atoms with E-state index in [1.165, 1.54) is 0 Å². The molecule has 1 N–H and O–H groups in total. The molecule has 1 heterocycles. The Hall–Kier alpha value is -3.18. The Morgan fingerprint density at radius 3 is 1.73 bits per heavy atom. The summed E-state index contributed by atoms with van der Waals surface area (Å²) in [5.74, 6) is -1.07. The van der Waals surface area contributed by atoms with Gasteiger partial charge < -0.3 is 10.0 Å². The molecule has 0 radical (unpaired) electrons. The summed E-state index contributed by atoms with van der Waals surface area (Å²) in [6.45, 7) is 0.106. The van der Waals surface area contributed by atoms with Crippen LogP contribution in [0.3, 0.4) is 0 Å². The van der Waals surface area contributed by atoms with Crippen molar-refractivity contribution >= 4 is 34.8 Å². The number of rotatable bonds is 7. The fourth-order valence-corrected chi connectivity index (χ4v) is 4.21. The number of halogens is 2. The van der Waals surface area contributed by atoms with Crippen molar-refractivity contribution in [1.82, 2.24) is 4.90 Å². The first-order valence-electron chi connectivity index (χ1n) is 10.4. The number of β-amino-alcohol motifs (C(OH)–C–C–N with tert-alkyl or cyclic N) is 1. The normalized spacial score (nSPS) is 14.0. The van der Waals surface area contributed by atoms with Crippen molar-refractivity contribution in [2.75, 3.05) is 13.2 Å². The molecule has 0 unspecified atom stereocenters. The van der Waals surface area contributed by atoms with Crippen LogP contribution in [-0.2, 0) is 0 Å². The van der Waals surface area contributed by atoms with Gasteiger partial charge >= 0.3 is 0 Å². The molecule has 6 heteroatoms. The number of hydrogen-bond acceptors (Lipinski definition) is 4. The number of benzene rings is 3. The van der Waals surface area contributed by atoms with E-state index >= 15 is 0 Å². The summed E-state index contributed by atoms with van der Waals surface area (Å²) in [6, 6.07) is 22.9. The third-order valence-corrected chi connectivity index (χ3v) is 6.20. The molecular weight excluding hydrogens is 457 g/mol. The molecular formula is C27H21Cl2NO3. The minimum Gasteiger partial charge on any atom is -0.395 e. The Bertz CT molecular complexity index is 1170. The predicted molar refractivity (Wildman–Crippen MR) is 131 cm³/mol. The second-order valence-electron chi connectivity index (χ2n) is 7.63. The third kappa shape index (κ3) is 4.93. The molecule has 0 spiro atoms. The molecule has 0 amide bonds. The number of aliphatic hydroxyl groups excluding tert-OH is 1. The minimum absolute atomic E-state index is 0.135. The van der Waals surface area contributed by atoms with Gasteiger partial charge in [-0.15, -0.1) is 0 Å². The molecule has 33 heavy (non-hydrogen) atoms. The van der Waals surface area contributed by atoms with Crippen LogP contribution in [0.5, 0.6) is 0 Å². The lowest BCUT2D eigenvalue weighted by atomic mass is 9.78. The van der Waals surface area contributed by atoms with Crippen molar-refractivity contribution in [2.24, 2.45) is 0 Å². The minimum atomic E-state index is -0.657. The Kier molecular flexibility index (Phi) is 7.09. The highest BCUT2D eigenvalue weighted by molar-refractivity contribution is 6.42. The maximum atomic E-state index is 13.6. The summed E-state index contributed by atoms with van der Waals surface area (Å²) in [5.41, 5.74) is 2.51. The number of nitrogens with zero attached hydrogens (tertiary/aromatic N) is 1. The van der Waals surface area contributed by atoms with Gasteiger partial charge in [-0.3, -0.25) is 9.59 Å². The van der Waals surface area contributed by atoms with Gasteiger partial charge in [-0.25, -0.2) is 0 Å². The molecule has 4 rings (SSSR count). The van der Waals surface area contributed by atoms with Gasteiger partial charge in [-0.2, -0.15) is 0 Å². The second kappa shape index (κ2) is 10.2. The first-order chi connectivity index (χ1) is 16.0. The van der Waals surface area contributed by atoms with Crippen LogP contribution in [0, 0.1) is 0 Å². The van der Waals surface area contributed by atoms with Crippen LogP contribution in [0.25, 0.3) is 0 Å². The summed E-state index contributed by atoms with van der Waals surface area (Å²) in [5, 5.41) is 10.3. The fraction of sp³-hybridized carbons (Fsp3) is 0.111. The van der Waals surface area contributed by atoms with E-state index in [1.807, 2.05) is 12.1 Å². The van der Waals surface area contributed by atoms with Gasteiger partial charge in [0.05, 0.1) is 16.7 Å². The molecule has 1 aliphatic rings. The van der Waals surface area contributed by atoms with Crippen LogP contribution >= 0.6 is 23.2 Å². The van der Waals surface area contributed by atoms with E-state index in [-0.39, 0.29) is 24.7 Å². The van der Waals surface area contributed by atoms with Gasteiger partial charge in [0.1, 0.15) is 0 Å². The molecule has 1 aliphatic heterocycles. The molecule has 3 aromatic rings. The van der Waals surface area contributed by atoms with Crippen molar-refractivity contribution < 1.29 is 14.7 Å². The second-order valence-corrected chi connectivity index (χ2v) is 8.44. The Morgan fingerprint density at radius 2 is 1.27 bits per heavy atom. The zero-order chi connectivity index (χ0) is 23.4. The summed E-state index contributed by atoms with van der Waals surface area (Å²) in [7, 11) is 0. The van der Waals surface area contributed by atoms with E-state index < -0.39 is 5.92 Å². The largest absolute Gasteiger partial charge is 0.395 e. The number of Topliss-reactive ketones (excluding diaryl/α,β-unsaturated/α-hetero) is 2. The van der Waals surface area contributed by atoms with Crippen LogP contribution in [0.2, 0.25) is 10.0 Å². The number of allylic oxidation sites excluding steroid dienone is 2. The quantitative estimate of drug-likeness (QED) is 0.429. The van der Waals surface area contributed by atoms with Gasteiger partial charge in [0.2, 0.25) is 0 Å². The van der Waals surface area contributed by atoms with Crippen molar-refractivity contribution in [1.29, 1.82) is 0 Å². The number of ketones is 2. The zero-order valence-electron chi connectivity index (χ0n) is 17.6. The average molecular weight is 478 g/mol. The lowest BCUT2D eigenvalue weighted by molar-refractivity contribution is 0.101. The van der Waals surface area contributed by atoms with Gasteiger partial charge in [0.15, 0.2) is 11.6 Å². The van der Waals surface area contributed by atoms with E-state index in [9.17, 15) is 14.7 Å². The molecule has 3 aromatic carbocycles. The SMILES string of the molecule is O=C(C1=CN(CCO)C=C(C(=O)c2ccccc2)C1c1ccc(Cl)c(Cl)c1)c1ccccc1. The van der Waals surface area contributed by atoms with Gasteiger partial charge in [-0.1, -0.05) is 89.9 Å². The van der Waals surface area contributed by atoms with Crippen molar-refractivity contribution in [2.45, 2.75) is 5.92 Å². The van der Waals surface area contributed by atoms with Gasteiger partial charge in [0.25, 0.3) is 0 Å². The molecule has 0 aromatic heterocycles. The summed E-state index contributed by atoms with van der Waals surface area (Å²) < 4.78 is 0. The van der Waals surface area contributed by atoms with E-state index in [0.29, 0.717) is 37.9 Å². The molecule has 0 bridgehead atoms. The molecule has 0 saturated carbocycles. The summed E-state index contributed by atoms with van der Waals surface area (Å²) >= 11 is 12.5. The first-order valence-corrected chi connectivity index (χ1v) is 11.2. The maximum absolute atomic E-state index is 13.6. The molecule has 0 aliphatic carbocycles. The van der Waals surface area contributed by atoms with Crippen LogP contribution in [-0.4, -0.2) is 34.7 Å². The standard InChI is InChI=1S/C27H21Cl2NO3/c28-23-12-11-20(15-24(23)29)25-21(26(32)18-7-3-1-4-8-18)16-30(13-14-31)17-22(25)27(33)19-9-5-2-6-10-19/h1-12,15-17,25,31H,13-14H2. The van der Waals surface area contributed by atoms with Crippen molar-refractivity contribution in [3.63, 3.8) is 0 Å². The molecule has 0 saturated heterocycles. The first kappa shape index (κ1) is 23.0. The highest BCUT2D eigenvalue weighted by atomic mass is 35.5. The van der Waals surface area contributed by atoms with Crippen molar-refractivity contribution in [3.8, 4) is 0 Å². The predicted octanol–water partition coefficient (Wildman–Crippen LogP) is 5.92. The van der Waals surface area contributed by atoms with Crippen molar-refractivity contribution in [3.05, 3.63) is 129 Å². The summed E-state index contributed by atoms with van der Waals surface area (Å²) in [4.78, 5) is 29.0. The Labute approximate surface area is 202 Å². The highest BCUT2D eigenvalue weighted by Crippen LogP contribution is 2.40. The molecule has 0 fully saturated rings. The molecule has 0 atom stereocenters. The van der Waals surface area contributed by atoms with Crippen LogP contribution in [0.15, 0.2) is 102 Å². The number of carbonyl (C=O) groups is 2. The number of hydrogen-bond donors (Lipinski definition) is 1. The number of carbonyl (C=O) groups excluding carboxylic acids is 2. The van der Waals surface area contributed by atoms with Gasteiger partial charge in [-0.05, 0) is 17.7 Å². The fourth-order valence-electron chi connectivity index (χ4n) is 3.90. The summed E-state index contributed by atoms with van der Waals surface area (Å²) in [6.07, 6.45) is 3.39. The smallest absolute Gasteiger partial charge is 0.191 e. The third-order valence-electron chi connectivity index (χ3n) is 5.46. The molecule has 4 nitrogen and oxygen atoms in total. The van der Waals surface area contributed by atoms with Gasteiger partial charge in [0, 0.05) is 47.1 Å². The van der Waals surface area contributed by atoms with E-state index in [4.69, 9.17) is 23.2 Å². The van der Waals surface area contributed by atoms with E-state index in [1.54, 1.807) is 84.0 Å². The highest BCUT2D eigenvalue weighted by Gasteiger charge is 2.34.